The summed E-state index contributed by atoms with van der Waals surface area (Å²) in [6.07, 6.45) is 4.29. The zero-order valence-corrected chi connectivity index (χ0v) is 67.9. The van der Waals surface area contributed by atoms with Crippen molar-refractivity contribution in [2.75, 3.05) is 66.1 Å². The Morgan fingerprint density at radius 3 is 0.667 bits per heavy atom. The Kier molecular flexibility index (Phi) is 22.4. The molecule has 2 aromatic heterocycles. The van der Waals surface area contributed by atoms with Crippen LogP contribution in [0.2, 0.25) is 0 Å². The SMILES string of the molecule is CCCCOCCOCCOc1ccc(C#Cc2ccc3c(c2)-c2cc(C#Cc4ccc5sc6ccc(C#Cc7ccc8c(c7)-c7cc(C#Cc9ccc%10sc%11ccc(C#Cc%12ccc%13c(c%12)-c%12cc(C#Cc%14ccc(OCCOCCOCCCC)cc%14)ccc%12S%13(=O)=O)cc%11c%10c9)ccc7S8(=O)=O)cc6c5c4)ccc2S3(=O)=O)cc1. The fraction of sp³-hybridized carbons (Fsp3) is 0.160. The van der Waals surface area contributed by atoms with Crippen molar-refractivity contribution in [3.63, 3.8) is 0 Å². The first-order chi connectivity index (χ1) is 57.1. The van der Waals surface area contributed by atoms with Gasteiger partial charge in [0, 0.05) is 154 Å². The molecule has 14 aromatic rings. The molecular weight excluding hydrogens is 1550 g/mol. The van der Waals surface area contributed by atoms with Crippen molar-refractivity contribution in [1.82, 2.24) is 0 Å². The van der Waals surface area contributed by atoms with E-state index in [9.17, 15) is 25.3 Å². The third-order valence-electron chi connectivity index (χ3n) is 20.3. The Morgan fingerprint density at radius 2 is 0.427 bits per heavy atom. The van der Waals surface area contributed by atoms with Gasteiger partial charge >= 0.3 is 0 Å². The van der Waals surface area contributed by atoms with E-state index in [1.54, 1.807) is 95.5 Å². The molecule has 17 rings (SSSR count). The van der Waals surface area contributed by atoms with E-state index < -0.39 is 29.5 Å². The number of ether oxygens (including phenoxy) is 6. The number of benzene rings is 12. The van der Waals surface area contributed by atoms with E-state index in [4.69, 9.17) is 28.4 Å². The van der Waals surface area contributed by atoms with Crippen LogP contribution in [0.3, 0.4) is 0 Å². The summed E-state index contributed by atoms with van der Waals surface area (Å²) in [5, 5.41) is 4.11. The van der Waals surface area contributed by atoms with Crippen LogP contribution in [0.1, 0.15) is 106 Å². The van der Waals surface area contributed by atoms with Gasteiger partial charge in [-0.15, -0.1) is 22.7 Å². The predicted octanol–water partition coefficient (Wildman–Crippen LogP) is 19.7. The molecule has 17 heteroatoms. The van der Waals surface area contributed by atoms with Crippen LogP contribution in [-0.2, 0) is 48.5 Å². The molecule has 0 amide bonds. The highest BCUT2D eigenvalue weighted by atomic mass is 32.2. The van der Waals surface area contributed by atoms with Crippen LogP contribution in [-0.4, -0.2) is 91.3 Å². The van der Waals surface area contributed by atoms with Gasteiger partial charge in [0.15, 0.2) is 0 Å². The smallest absolute Gasteiger partial charge is 0.207 e. The highest BCUT2D eigenvalue weighted by molar-refractivity contribution is 7.92. The van der Waals surface area contributed by atoms with Gasteiger partial charge in [-0.3, -0.25) is 0 Å². The summed E-state index contributed by atoms with van der Waals surface area (Å²) in [6.45, 7) is 9.70. The first-order valence-electron chi connectivity index (χ1n) is 38.5. The maximum atomic E-state index is 14.0. The average Bonchev–Trinajstić information content (AvgIpc) is 1.59. The molecule has 0 N–H and O–H groups in total. The van der Waals surface area contributed by atoms with Gasteiger partial charge < -0.3 is 28.4 Å². The van der Waals surface area contributed by atoms with Crippen molar-refractivity contribution < 1.29 is 53.7 Å². The molecule has 0 aliphatic carbocycles. The summed E-state index contributed by atoms with van der Waals surface area (Å²) >= 11 is 3.36. The second kappa shape index (κ2) is 33.9. The Labute approximate surface area is 689 Å². The quantitative estimate of drug-likeness (QED) is 0.0526. The fourth-order valence-corrected chi connectivity index (χ4v) is 21.3. The zero-order valence-electron chi connectivity index (χ0n) is 63.8. The molecular formula is C100H72O12S5. The van der Waals surface area contributed by atoms with E-state index in [1.165, 1.54) is 0 Å². The van der Waals surface area contributed by atoms with Crippen LogP contribution in [0, 0.1) is 71.0 Å². The second-order valence-corrected chi connectivity index (χ2v) is 36.1. The van der Waals surface area contributed by atoms with Crippen molar-refractivity contribution in [1.29, 1.82) is 0 Å². The van der Waals surface area contributed by atoms with E-state index in [0.29, 0.717) is 131 Å². The van der Waals surface area contributed by atoms with Crippen LogP contribution >= 0.6 is 22.7 Å². The zero-order chi connectivity index (χ0) is 80.0. The predicted molar refractivity (Wildman–Crippen MR) is 463 cm³/mol. The number of sulfone groups is 3. The van der Waals surface area contributed by atoms with Crippen molar-refractivity contribution in [3.8, 4) is 116 Å². The first kappa shape index (κ1) is 77.3. The Balaban J connectivity index is 0.553. The number of unbranched alkanes of at least 4 members (excludes halogenated alkanes) is 2. The van der Waals surface area contributed by atoms with E-state index in [0.717, 1.165) is 113 Å². The molecule has 0 radical (unpaired) electrons. The van der Waals surface area contributed by atoms with E-state index in [1.807, 2.05) is 109 Å². The van der Waals surface area contributed by atoms with Crippen LogP contribution in [0.15, 0.2) is 260 Å². The molecule has 0 unspecified atom stereocenters. The second-order valence-electron chi connectivity index (χ2n) is 28.2. The third-order valence-corrected chi connectivity index (χ3v) is 28.2. The summed E-state index contributed by atoms with van der Waals surface area (Å²) in [5.41, 5.74) is 12.2. The minimum Gasteiger partial charge on any atom is -0.491 e. The van der Waals surface area contributed by atoms with Gasteiger partial charge in [-0.2, -0.15) is 0 Å². The minimum absolute atomic E-state index is 0.221. The Morgan fingerprint density at radius 1 is 0.231 bits per heavy atom. The Bertz CT molecular complexity index is 6720. The number of rotatable bonds is 20. The van der Waals surface area contributed by atoms with Crippen molar-refractivity contribution >= 4 is 92.5 Å². The highest BCUT2D eigenvalue weighted by Crippen LogP contribution is 2.47. The molecule has 0 bridgehead atoms. The molecule has 5 heterocycles. The van der Waals surface area contributed by atoms with Crippen LogP contribution in [0.4, 0.5) is 0 Å². The normalized spacial score (nSPS) is 13.0. The Hall–Kier alpha value is -12.3. The van der Waals surface area contributed by atoms with Crippen molar-refractivity contribution in [3.05, 3.63) is 297 Å². The van der Waals surface area contributed by atoms with E-state index in [-0.39, 0.29) is 29.4 Å². The summed E-state index contributed by atoms with van der Waals surface area (Å²) < 4.78 is 122. The lowest BCUT2D eigenvalue weighted by Crippen LogP contribution is -2.11. The molecule has 0 saturated heterocycles. The molecule has 3 aliphatic rings. The third kappa shape index (κ3) is 16.7. The molecule has 0 fully saturated rings. The van der Waals surface area contributed by atoms with Gasteiger partial charge in [0.25, 0.3) is 0 Å². The van der Waals surface area contributed by atoms with Crippen molar-refractivity contribution in [2.45, 2.75) is 68.9 Å². The standard InChI is InChI=1S/C100H72O12S5/c1-3-5-47-107-49-51-109-53-55-111-79-33-19-67(20-34-79)7-9-73-27-41-95-85(61-73)87-63-75(29-43-97(87)115(95,101)102)15-11-69-23-37-91-81(57-69)83-59-71(25-39-93(83)113-91)13-17-77-31-45-99-89(65-77)90-66-78(32-46-100(90)117(99,105)106)18-14-72-26-40-94-84(60-72)82-58-70(24-38-92(82)114-94)12-16-76-30-44-98-88(64-76)86-62-74(28-42-96(86)116(98,103)104)10-8-68-21-35-80(36-22-68)112-56-54-110-52-50-108-48-6-4-2/h19-46,57-66H,3-6,47-56H2,1-2H3. The maximum Gasteiger partial charge on any atom is 0.207 e. The van der Waals surface area contributed by atoms with Crippen molar-refractivity contribution in [2.24, 2.45) is 0 Å². The molecule has 3 aliphatic heterocycles. The van der Waals surface area contributed by atoms with Gasteiger partial charge in [0.2, 0.25) is 29.5 Å². The molecule has 117 heavy (non-hydrogen) atoms. The number of hydrogen-bond acceptors (Lipinski definition) is 14. The lowest BCUT2D eigenvalue weighted by atomic mass is 10.0. The van der Waals surface area contributed by atoms with Crippen LogP contribution in [0.5, 0.6) is 11.5 Å². The maximum absolute atomic E-state index is 14.0. The van der Waals surface area contributed by atoms with E-state index in [2.05, 4.69) is 133 Å². The highest BCUT2D eigenvalue weighted by Gasteiger charge is 2.36. The number of hydrogen-bond donors (Lipinski definition) is 0. The molecule has 0 spiro atoms. The summed E-state index contributed by atoms with van der Waals surface area (Å²) in [4.78, 5) is 1.39. The van der Waals surface area contributed by atoms with Crippen LogP contribution < -0.4 is 9.47 Å². The molecule has 12 aromatic carbocycles. The summed E-state index contributed by atoms with van der Waals surface area (Å²) in [7, 11) is -11.3. The number of thiophene rings is 2. The molecule has 0 atom stereocenters. The minimum atomic E-state index is -3.80. The topological polar surface area (TPSA) is 158 Å². The molecule has 574 valence electrons. The summed E-state index contributed by atoms with van der Waals surface area (Å²) in [5.74, 6) is 40.9. The largest absolute Gasteiger partial charge is 0.491 e. The van der Waals surface area contributed by atoms with Gasteiger partial charge in [0.1, 0.15) is 24.7 Å². The van der Waals surface area contributed by atoms with Gasteiger partial charge in [0.05, 0.1) is 69.0 Å². The van der Waals surface area contributed by atoms with Crippen LogP contribution in [0.25, 0.3) is 73.7 Å². The average molecular weight is 1630 g/mol. The lowest BCUT2D eigenvalue weighted by molar-refractivity contribution is 0.0356. The molecule has 12 nitrogen and oxygen atoms in total. The van der Waals surface area contributed by atoms with Gasteiger partial charge in [-0.05, 0) is 243 Å². The first-order valence-corrected chi connectivity index (χ1v) is 44.6. The number of fused-ring (bicyclic) bond motifs is 15. The van der Waals surface area contributed by atoms with Gasteiger partial charge in [-0.1, -0.05) is 97.7 Å². The fourth-order valence-electron chi connectivity index (χ4n) is 14.2. The molecule has 0 saturated carbocycles. The summed E-state index contributed by atoms with van der Waals surface area (Å²) in [6, 6.07) is 70.8. The lowest BCUT2D eigenvalue weighted by Gasteiger charge is -2.07. The monoisotopic (exact) mass is 1620 g/mol. The van der Waals surface area contributed by atoms with E-state index >= 15 is 0 Å². The van der Waals surface area contributed by atoms with Gasteiger partial charge in [-0.25, -0.2) is 25.3 Å².